The number of para-hydroxylation sites is 1. The summed E-state index contributed by atoms with van der Waals surface area (Å²) in [7, 11) is 0. The van der Waals surface area contributed by atoms with Crippen molar-refractivity contribution in [3.8, 4) is 17.4 Å². The second-order valence-electron chi connectivity index (χ2n) is 10.7. The first-order chi connectivity index (χ1) is 20.3. The number of carbonyl (C=O) groups excluding carboxylic acids is 1. The number of nitrogens with one attached hydrogen (secondary N) is 3. The largest absolute Gasteiger partial charge is 0.489 e. The summed E-state index contributed by atoms with van der Waals surface area (Å²) in [5.41, 5.74) is 3.11. The first-order valence-electron chi connectivity index (χ1n) is 14.2. The quantitative estimate of drug-likeness (QED) is 0.176. The summed E-state index contributed by atoms with van der Waals surface area (Å²) in [4.78, 5) is 24.9. The van der Waals surface area contributed by atoms with Crippen molar-refractivity contribution in [3.05, 3.63) is 76.7 Å². The molecule has 4 aromatic rings. The van der Waals surface area contributed by atoms with Crippen molar-refractivity contribution in [1.82, 2.24) is 25.2 Å². The van der Waals surface area contributed by atoms with E-state index in [0.29, 0.717) is 60.6 Å². The number of nitrogens with zero attached hydrogens (tertiary/aromatic N) is 2. The van der Waals surface area contributed by atoms with Crippen LogP contribution in [-0.4, -0.2) is 82.0 Å². The summed E-state index contributed by atoms with van der Waals surface area (Å²) in [6.07, 6.45) is 2.51. The number of aromatic nitrogens is 3. The first kappa shape index (κ1) is 29.7. The minimum absolute atomic E-state index is 0.0475. The van der Waals surface area contributed by atoms with Crippen molar-refractivity contribution in [1.29, 1.82) is 0 Å². The van der Waals surface area contributed by atoms with E-state index in [4.69, 9.17) is 26.4 Å². The van der Waals surface area contributed by atoms with Gasteiger partial charge < -0.3 is 39.5 Å². The Hall–Kier alpha value is -3.77. The molecule has 5 rings (SSSR count). The second-order valence-corrected chi connectivity index (χ2v) is 11.1. The maximum Gasteiger partial charge on any atom is 0.255 e. The number of morpholine rings is 1. The molecule has 222 valence electrons. The van der Waals surface area contributed by atoms with Gasteiger partial charge in [0.25, 0.3) is 5.91 Å². The SMILES string of the molecule is CCC(C)(Cc1ccc(Oc2ccc(C(=O)N3CCOCC3)cn2)cc1)NC[C@H](O)COc1cccc2[nH]c(=S)[nH]c12. The Morgan fingerprint density at radius 3 is 2.67 bits per heavy atom. The lowest BCUT2D eigenvalue weighted by Crippen LogP contribution is -2.48. The number of H-pyrrole nitrogens is 2. The predicted molar refractivity (Wildman–Crippen MR) is 163 cm³/mol. The standard InChI is InChI=1S/C31H37N5O5S/c1-3-31(2,33-19-23(37)20-40-26-6-4-5-25-28(26)35-30(42)34-25)17-21-7-10-24(11-8-21)41-27-12-9-22(18-32-27)29(38)36-13-15-39-16-14-36/h4-12,18,23,33,37H,3,13-17,19-20H2,1-2H3,(H2,34,35,42)/t23-,31?/m0/s1. The van der Waals surface area contributed by atoms with E-state index < -0.39 is 6.10 Å². The zero-order valence-electron chi connectivity index (χ0n) is 23.9. The fourth-order valence-electron chi connectivity index (χ4n) is 4.84. The van der Waals surface area contributed by atoms with Crippen LogP contribution < -0.4 is 14.8 Å². The van der Waals surface area contributed by atoms with Crippen LogP contribution in [-0.2, 0) is 11.2 Å². The van der Waals surface area contributed by atoms with Crippen LogP contribution in [0.2, 0.25) is 0 Å². The van der Waals surface area contributed by atoms with E-state index in [1.54, 1.807) is 23.2 Å². The highest BCUT2D eigenvalue weighted by Gasteiger charge is 2.24. The molecule has 0 spiro atoms. The molecule has 0 saturated carbocycles. The van der Waals surface area contributed by atoms with Gasteiger partial charge in [0.1, 0.15) is 29.7 Å². The van der Waals surface area contributed by atoms with E-state index in [1.807, 2.05) is 42.5 Å². The number of β-amino-alcohol motifs (C(OH)–C–C–N with tert-alkyl or cyclic N) is 1. The number of fused-ring (bicyclic) bond motifs is 1. The molecule has 0 aliphatic carbocycles. The highest BCUT2D eigenvalue weighted by molar-refractivity contribution is 7.71. The second kappa shape index (κ2) is 13.5. The lowest BCUT2D eigenvalue weighted by molar-refractivity contribution is 0.0302. The molecule has 2 aromatic carbocycles. The monoisotopic (exact) mass is 591 g/mol. The number of aliphatic hydroxyl groups is 1. The number of carbonyl (C=O) groups is 1. The number of pyridine rings is 1. The molecule has 1 amide bonds. The number of rotatable bonds is 12. The third-order valence-electron chi connectivity index (χ3n) is 7.51. The minimum Gasteiger partial charge on any atom is -0.489 e. The van der Waals surface area contributed by atoms with Crippen molar-refractivity contribution >= 4 is 29.2 Å². The van der Waals surface area contributed by atoms with Crippen molar-refractivity contribution < 1.29 is 24.1 Å². The Morgan fingerprint density at radius 1 is 1.17 bits per heavy atom. The van der Waals surface area contributed by atoms with Crippen LogP contribution in [0.15, 0.2) is 60.8 Å². The Bertz CT molecular complexity index is 1530. The lowest BCUT2D eigenvalue weighted by atomic mass is 9.90. The summed E-state index contributed by atoms with van der Waals surface area (Å²) in [5, 5.41) is 14.2. The van der Waals surface area contributed by atoms with Gasteiger partial charge in [0.15, 0.2) is 4.77 Å². The molecule has 1 aliphatic heterocycles. The third kappa shape index (κ3) is 7.54. The molecular weight excluding hydrogens is 554 g/mol. The highest BCUT2D eigenvalue weighted by Crippen LogP contribution is 2.25. The molecule has 0 radical (unpaired) electrons. The summed E-state index contributed by atoms with van der Waals surface area (Å²) in [5.74, 6) is 1.68. The topological polar surface area (TPSA) is 125 Å². The average molecular weight is 592 g/mol. The van der Waals surface area contributed by atoms with Crippen LogP contribution >= 0.6 is 12.2 Å². The summed E-state index contributed by atoms with van der Waals surface area (Å²) in [6, 6.07) is 17.0. The van der Waals surface area contributed by atoms with Gasteiger partial charge in [-0.2, -0.15) is 0 Å². The number of aliphatic hydroxyl groups excluding tert-OH is 1. The van der Waals surface area contributed by atoms with Crippen LogP contribution in [0.4, 0.5) is 0 Å². The number of benzene rings is 2. The minimum atomic E-state index is -0.688. The van der Waals surface area contributed by atoms with Crippen LogP contribution in [0, 0.1) is 4.77 Å². The molecule has 1 aliphatic rings. The van der Waals surface area contributed by atoms with Gasteiger partial charge in [-0.1, -0.05) is 25.1 Å². The molecule has 1 saturated heterocycles. The summed E-state index contributed by atoms with van der Waals surface area (Å²) < 4.78 is 17.7. The number of hydrogen-bond donors (Lipinski definition) is 4. The highest BCUT2D eigenvalue weighted by atomic mass is 32.1. The number of amides is 1. The fourth-order valence-corrected chi connectivity index (χ4v) is 5.05. The van der Waals surface area contributed by atoms with Gasteiger partial charge in [-0.15, -0.1) is 0 Å². The van der Waals surface area contributed by atoms with Gasteiger partial charge in [0.05, 0.1) is 24.3 Å². The first-order valence-corrected chi connectivity index (χ1v) is 14.6. The molecule has 11 heteroatoms. The molecule has 2 aromatic heterocycles. The van der Waals surface area contributed by atoms with E-state index in [2.05, 4.69) is 34.1 Å². The van der Waals surface area contributed by atoms with Crippen LogP contribution in [0.5, 0.6) is 17.4 Å². The van der Waals surface area contributed by atoms with Crippen LogP contribution in [0.25, 0.3) is 11.0 Å². The lowest BCUT2D eigenvalue weighted by Gasteiger charge is -2.31. The molecule has 0 bridgehead atoms. The molecule has 1 fully saturated rings. The molecule has 42 heavy (non-hydrogen) atoms. The number of imidazole rings is 1. The molecule has 4 N–H and O–H groups in total. The van der Waals surface area contributed by atoms with Crippen molar-refractivity contribution in [2.45, 2.75) is 38.3 Å². The van der Waals surface area contributed by atoms with Gasteiger partial charge in [-0.05, 0) is 67.9 Å². The van der Waals surface area contributed by atoms with Gasteiger partial charge in [-0.3, -0.25) is 4.79 Å². The van der Waals surface area contributed by atoms with E-state index >= 15 is 0 Å². The maximum absolute atomic E-state index is 12.6. The van der Waals surface area contributed by atoms with Gasteiger partial charge in [0, 0.05) is 37.4 Å². The van der Waals surface area contributed by atoms with Crippen molar-refractivity contribution in [3.63, 3.8) is 0 Å². The fraction of sp³-hybridized carbons (Fsp3) is 0.387. The predicted octanol–water partition coefficient (Wildman–Crippen LogP) is 4.63. The molecule has 10 nitrogen and oxygen atoms in total. The van der Waals surface area contributed by atoms with Crippen LogP contribution in [0.1, 0.15) is 36.2 Å². The smallest absolute Gasteiger partial charge is 0.255 e. The van der Waals surface area contributed by atoms with Crippen molar-refractivity contribution in [2.75, 3.05) is 39.5 Å². The van der Waals surface area contributed by atoms with Crippen LogP contribution in [0.3, 0.4) is 0 Å². The Morgan fingerprint density at radius 2 is 1.95 bits per heavy atom. The zero-order valence-corrected chi connectivity index (χ0v) is 24.7. The Kier molecular flexibility index (Phi) is 9.53. The Labute approximate surface area is 250 Å². The summed E-state index contributed by atoms with van der Waals surface area (Å²) in [6.45, 7) is 7.11. The molecule has 2 atom stereocenters. The van der Waals surface area contributed by atoms with E-state index in [1.165, 1.54) is 0 Å². The average Bonchev–Trinajstić information content (AvgIpc) is 3.41. The van der Waals surface area contributed by atoms with Crippen molar-refractivity contribution in [2.24, 2.45) is 0 Å². The van der Waals surface area contributed by atoms with E-state index in [-0.39, 0.29) is 18.1 Å². The van der Waals surface area contributed by atoms with E-state index in [0.717, 1.165) is 29.4 Å². The molecule has 1 unspecified atom stereocenters. The molecular formula is C31H37N5O5S. The van der Waals surface area contributed by atoms with Gasteiger partial charge >= 0.3 is 0 Å². The third-order valence-corrected chi connectivity index (χ3v) is 7.71. The van der Waals surface area contributed by atoms with E-state index in [9.17, 15) is 9.90 Å². The number of hydrogen-bond acceptors (Lipinski definition) is 8. The Balaban J connectivity index is 1.10. The maximum atomic E-state index is 12.6. The number of aromatic amines is 2. The summed E-state index contributed by atoms with van der Waals surface area (Å²) >= 11 is 5.17. The molecule has 3 heterocycles. The van der Waals surface area contributed by atoms with Gasteiger partial charge in [-0.25, -0.2) is 4.98 Å². The zero-order chi connectivity index (χ0) is 29.5. The van der Waals surface area contributed by atoms with Gasteiger partial charge in [0.2, 0.25) is 5.88 Å². The number of ether oxygens (including phenoxy) is 3. The normalized spacial score (nSPS) is 15.7.